The molecular formula is C13H19N3O2S. The number of nitrogens with zero attached hydrogens (tertiary/aromatic N) is 2. The van der Waals surface area contributed by atoms with Gasteiger partial charge >= 0.3 is 0 Å². The second-order valence-corrected chi connectivity index (χ2v) is 6.29. The summed E-state index contributed by atoms with van der Waals surface area (Å²) in [7, 11) is 3.90. The van der Waals surface area contributed by atoms with Crippen LogP contribution in [0.4, 0.5) is 5.00 Å². The van der Waals surface area contributed by atoms with Crippen LogP contribution in [0.15, 0.2) is 0 Å². The second kappa shape index (κ2) is 5.30. The molecule has 2 rings (SSSR count). The molecule has 1 aliphatic heterocycles. The molecule has 0 saturated carbocycles. The maximum atomic E-state index is 12.6. The zero-order chi connectivity index (χ0) is 14.2. The Bertz CT molecular complexity index is 522. The fourth-order valence-corrected chi connectivity index (χ4v) is 3.11. The average Bonchev–Trinajstić information content (AvgIpc) is 2.51. The molecule has 2 heterocycles. The van der Waals surface area contributed by atoms with Crippen molar-refractivity contribution >= 4 is 28.2 Å². The topological polar surface area (TPSA) is 52.7 Å². The molecular weight excluding hydrogens is 262 g/mol. The van der Waals surface area contributed by atoms with Gasteiger partial charge in [0.2, 0.25) is 5.91 Å². The number of fused-ring (bicyclic) bond motifs is 1. The van der Waals surface area contributed by atoms with Gasteiger partial charge in [0.25, 0.3) is 5.91 Å². The normalized spacial score (nSPS) is 15.5. The van der Waals surface area contributed by atoms with Crippen LogP contribution in [0.25, 0.3) is 0 Å². The summed E-state index contributed by atoms with van der Waals surface area (Å²) < 4.78 is 0. The summed E-state index contributed by atoms with van der Waals surface area (Å²) in [6.45, 7) is 5.35. The summed E-state index contributed by atoms with van der Waals surface area (Å²) in [5, 5.41) is 3.53. The molecule has 0 saturated heterocycles. The van der Waals surface area contributed by atoms with E-state index in [2.05, 4.69) is 5.32 Å². The van der Waals surface area contributed by atoms with Crippen molar-refractivity contribution in [3.05, 3.63) is 16.0 Å². The van der Waals surface area contributed by atoms with Gasteiger partial charge in [-0.3, -0.25) is 9.59 Å². The fourth-order valence-electron chi connectivity index (χ4n) is 2.04. The number of amides is 2. The van der Waals surface area contributed by atoms with Gasteiger partial charge in [-0.1, -0.05) is 0 Å². The van der Waals surface area contributed by atoms with Gasteiger partial charge in [0, 0.05) is 18.0 Å². The first-order chi connectivity index (χ1) is 8.90. The zero-order valence-corrected chi connectivity index (χ0v) is 12.6. The highest BCUT2D eigenvalue weighted by Crippen LogP contribution is 2.34. The number of anilines is 1. The number of carbonyl (C=O) groups excluding carboxylic acids is 2. The predicted octanol–water partition coefficient (Wildman–Crippen LogP) is 1.32. The van der Waals surface area contributed by atoms with E-state index in [-0.39, 0.29) is 18.4 Å². The third kappa shape index (κ3) is 2.79. The van der Waals surface area contributed by atoms with E-state index in [0.717, 1.165) is 17.0 Å². The first-order valence-corrected chi connectivity index (χ1v) is 7.05. The highest BCUT2D eigenvalue weighted by molar-refractivity contribution is 7.16. The van der Waals surface area contributed by atoms with Crippen molar-refractivity contribution in [2.75, 3.05) is 39.0 Å². The minimum Gasteiger partial charge on any atom is -0.328 e. The third-order valence-electron chi connectivity index (χ3n) is 3.29. The number of hydrogen-bond acceptors (Lipinski definition) is 4. The Morgan fingerprint density at radius 2 is 2.00 bits per heavy atom. The van der Waals surface area contributed by atoms with E-state index < -0.39 is 0 Å². The van der Waals surface area contributed by atoms with Crippen LogP contribution in [0, 0.1) is 13.8 Å². The van der Waals surface area contributed by atoms with E-state index in [1.807, 2.05) is 32.8 Å². The molecule has 2 amide bonds. The molecule has 1 aliphatic rings. The molecule has 0 aliphatic carbocycles. The van der Waals surface area contributed by atoms with Crippen LogP contribution in [0.5, 0.6) is 0 Å². The molecule has 1 N–H and O–H groups in total. The molecule has 19 heavy (non-hydrogen) atoms. The molecule has 104 valence electrons. The van der Waals surface area contributed by atoms with Crippen LogP contribution in [0.2, 0.25) is 0 Å². The number of likely N-dealkylation sites (N-methyl/N-ethyl adjacent to an activating group) is 1. The lowest BCUT2D eigenvalue weighted by Crippen LogP contribution is -2.39. The van der Waals surface area contributed by atoms with Crippen molar-refractivity contribution in [3.8, 4) is 0 Å². The summed E-state index contributed by atoms with van der Waals surface area (Å²) in [6, 6.07) is 0. The quantitative estimate of drug-likeness (QED) is 0.909. The number of rotatable bonds is 3. The van der Waals surface area contributed by atoms with Gasteiger partial charge in [-0.15, -0.1) is 11.3 Å². The Hall–Kier alpha value is -1.40. The lowest BCUT2D eigenvalue weighted by atomic mass is 10.1. The molecule has 0 bridgehead atoms. The van der Waals surface area contributed by atoms with E-state index in [1.165, 1.54) is 11.3 Å². The minimum atomic E-state index is -0.118. The third-order valence-corrected chi connectivity index (χ3v) is 4.41. The fraction of sp³-hybridized carbons (Fsp3) is 0.538. The Morgan fingerprint density at radius 1 is 1.32 bits per heavy atom. The summed E-state index contributed by atoms with van der Waals surface area (Å²) in [5.74, 6) is -0.163. The van der Waals surface area contributed by atoms with Gasteiger partial charge in [-0.05, 0) is 33.5 Å². The van der Waals surface area contributed by atoms with E-state index in [4.69, 9.17) is 0 Å². The maximum Gasteiger partial charge on any atom is 0.257 e. The standard InChI is InChI=1S/C13H19N3O2S/c1-8-9(2)19-12-11(8)13(18)16(6-5-15(3)4)7-10(17)14-12/h5-7H2,1-4H3,(H,14,17). The van der Waals surface area contributed by atoms with E-state index in [0.29, 0.717) is 17.1 Å². The monoisotopic (exact) mass is 281 g/mol. The predicted molar refractivity (Wildman–Crippen MR) is 76.9 cm³/mol. The summed E-state index contributed by atoms with van der Waals surface area (Å²) in [5.41, 5.74) is 1.63. The van der Waals surface area contributed by atoms with Crippen LogP contribution in [-0.2, 0) is 4.79 Å². The van der Waals surface area contributed by atoms with Crippen LogP contribution in [0.1, 0.15) is 20.8 Å². The molecule has 1 aromatic heterocycles. The molecule has 0 aromatic carbocycles. The number of nitrogens with one attached hydrogen (secondary N) is 1. The molecule has 0 spiro atoms. The van der Waals surface area contributed by atoms with Crippen molar-refractivity contribution in [3.63, 3.8) is 0 Å². The van der Waals surface area contributed by atoms with Crippen LogP contribution in [-0.4, -0.2) is 55.3 Å². The van der Waals surface area contributed by atoms with E-state index >= 15 is 0 Å². The van der Waals surface area contributed by atoms with Crippen molar-refractivity contribution in [2.45, 2.75) is 13.8 Å². The number of aryl methyl sites for hydroxylation is 1. The number of thiophene rings is 1. The zero-order valence-electron chi connectivity index (χ0n) is 11.7. The van der Waals surface area contributed by atoms with Gasteiger partial charge in [0.1, 0.15) is 11.5 Å². The average molecular weight is 281 g/mol. The van der Waals surface area contributed by atoms with E-state index in [9.17, 15) is 9.59 Å². The van der Waals surface area contributed by atoms with Crippen molar-refractivity contribution < 1.29 is 9.59 Å². The highest BCUT2D eigenvalue weighted by atomic mass is 32.1. The van der Waals surface area contributed by atoms with Crippen LogP contribution >= 0.6 is 11.3 Å². The smallest absolute Gasteiger partial charge is 0.257 e. The highest BCUT2D eigenvalue weighted by Gasteiger charge is 2.29. The molecule has 0 radical (unpaired) electrons. The number of carbonyl (C=O) groups is 2. The van der Waals surface area contributed by atoms with Crippen LogP contribution in [0.3, 0.4) is 0 Å². The molecule has 5 nitrogen and oxygen atoms in total. The SMILES string of the molecule is Cc1sc2c(c1C)C(=O)N(CCN(C)C)CC(=O)N2. The lowest BCUT2D eigenvalue weighted by Gasteiger charge is -2.21. The largest absolute Gasteiger partial charge is 0.328 e. The van der Waals surface area contributed by atoms with Gasteiger partial charge in [0.15, 0.2) is 0 Å². The Balaban J connectivity index is 2.32. The first-order valence-electron chi connectivity index (χ1n) is 6.24. The Labute approximate surface area is 117 Å². The molecule has 0 fully saturated rings. The van der Waals surface area contributed by atoms with Gasteiger partial charge in [-0.25, -0.2) is 0 Å². The van der Waals surface area contributed by atoms with Crippen molar-refractivity contribution in [2.24, 2.45) is 0 Å². The van der Waals surface area contributed by atoms with Gasteiger partial charge in [0.05, 0.1) is 5.56 Å². The molecule has 0 atom stereocenters. The maximum absolute atomic E-state index is 12.6. The van der Waals surface area contributed by atoms with Crippen molar-refractivity contribution in [1.29, 1.82) is 0 Å². The van der Waals surface area contributed by atoms with Crippen LogP contribution < -0.4 is 5.32 Å². The molecule has 0 unspecified atom stereocenters. The molecule has 6 heteroatoms. The van der Waals surface area contributed by atoms with Gasteiger partial charge < -0.3 is 15.1 Å². The van der Waals surface area contributed by atoms with Gasteiger partial charge in [-0.2, -0.15) is 0 Å². The number of hydrogen-bond donors (Lipinski definition) is 1. The molecule has 1 aromatic rings. The Morgan fingerprint density at radius 3 is 2.63 bits per heavy atom. The summed E-state index contributed by atoms with van der Waals surface area (Å²) >= 11 is 1.47. The lowest BCUT2D eigenvalue weighted by molar-refractivity contribution is -0.116. The first kappa shape index (κ1) is 14.0. The van der Waals surface area contributed by atoms with E-state index in [1.54, 1.807) is 4.90 Å². The minimum absolute atomic E-state index is 0.0444. The summed E-state index contributed by atoms with van der Waals surface area (Å²) in [6.07, 6.45) is 0. The van der Waals surface area contributed by atoms with Crippen molar-refractivity contribution in [1.82, 2.24) is 9.80 Å². The Kier molecular flexibility index (Phi) is 3.91. The summed E-state index contributed by atoms with van der Waals surface area (Å²) in [4.78, 5) is 29.1. The second-order valence-electron chi connectivity index (χ2n) is 5.07.